The maximum atomic E-state index is 2.48. The molecule has 0 saturated heterocycles. The van der Waals surface area contributed by atoms with Crippen molar-refractivity contribution >= 4 is 59.3 Å². The second-order valence-corrected chi connectivity index (χ2v) is 20.4. The van der Waals surface area contributed by atoms with Gasteiger partial charge in [0.05, 0.1) is 0 Å². The van der Waals surface area contributed by atoms with E-state index >= 15 is 0 Å². The Morgan fingerprint density at radius 2 is 0.742 bits per heavy atom. The van der Waals surface area contributed by atoms with Crippen LogP contribution in [-0.4, -0.2) is 0 Å². The van der Waals surface area contributed by atoms with Crippen LogP contribution in [0.1, 0.15) is 49.9 Å². The Morgan fingerprint density at radius 1 is 0.303 bits per heavy atom. The van der Waals surface area contributed by atoms with Crippen molar-refractivity contribution in [1.29, 1.82) is 0 Å². The molecule has 1 heterocycles. The fourth-order valence-corrected chi connectivity index (χ4v) is 12.3. The van der Waals surface area contributed by atoms with Crippen molar-refractivity contribution in [2.75, 3.05) is 4.90 Å². The van der Waals surface area contributed by atoms with Gasteiger partial charge in [0, 0.05) is 48.1 Å². The van der Waals surface area contributed by atoms with E-state index in [0.717, 1.165) is 17.1 Å². The molecule has 0 bridgehead atoms. The standard InChI is InChI=1S/C64H47NS/c1-63(2)57-36-46(40-12-6-5-7-13-40)22-29-51(57)53-31-27-49(38-59(53)63)65(48-25-20-42(21-26-48)44-19-18-41-14-8-9-15-43(41)34-44)50-28-32-54-52-30-23-47(37-58(52)64(3,4)60(54)39-50)45-24-33-62-56(35-45)55-16-10-11-17-61(55)66-62/h5-39H,1-4H3. The third kappa shape index (κ3) is 5.98. The molecule has 0 unspecified atom stereocenters. The lowest BCUT2D eigenvalue weighted by Gasteiger charge is -2.30. The van der Waals surface area contributed by atoms with Crippen molar-refractivity contribution in [3.63, 3.8) is 0 Å². The zero-order valence-electron chi connectivity index (χ0n) is 37.6. The first-order chi connectivity index (χ1) is 32.2. The van der Waals surface area contributed by atoms with Crippen LogP contribution in [0, 0.1) is 0 Å². The Balaban J connectivity index is 0.912. The number of nitrogens with zero attached hydrogens (tertiary/aromatic N) is 1. The molecular weight excluding hydrogens is 815 g/mol. The number of rotatable bonds is 6. The van der Waals surface area contributed by atoms with Gasteiger partial charge in [0.15, 0.2) is 0 Å². The third-order valence-electron chi connectivity index (χ3n) is 14.9. The summed E-state index contributed by atoms with van der Waals surface area (Å²) in [6, 6.07) is 79.6. The highest BCUT2D eigenvalue weighted by atomic mass is 32.1. The van der Waals surface area contributed by atoms with E-state index in [1.54, 1.807) is 0 Å². The van der Waals surface area contributed by atoms with Gasteiger partial charge in [-0.2, -0.15) is 0 Å². The average Bonchev–Trinajstić information content (AvgIpc) is 3.92. The summed E-state index contributed by atoms with van der Waals surface area (Å²) in [5.74, 6) is 0. The maximum Gasteiger partial charge on any atom is 0.0465 e. The average molecular weight is 862 g/mol. The lowest BCUT2D eigenvalue weighted by atomic mass is 9.81. The van der Waals surface area contributed by atoms with Crippen LogP contribution >= 0.6 is 11.3 Å². The predicted molar refractivity (Wildman–Crippen MR) is 283 cm³/mol. The van der Waals surface area contributed by atoms with Crippen LogP contribution in [0.5, 0.6) is 0 Å². The van der Waals surface area contributed by atoms with E-state index in [2.05, 4.69) is 245 Å². The minimum absolute atomic E-state index is 0.183. The number of hydrogen-bond acceptors (Lipinski definition) is 2. The Kier molecular flexibility index (Phi) is 8.54. The van der Waals surface area contributed by atoms with Crippen molar-refractivity contribution in [2.24, 2.45) is 0 Å². The normalized spacial score (nSPS) is 14.0. The molecule has 66 heavy (non-hydrogen) atoms. The zero-order chi connectivity index (χ0) is 44.3. The zero-order valence-corrected chi connectivity index (χ0v) is 38.4. The number of hydrogen-bond donors (Lipinski definition) is 0. The fourth-order valence-electron chi connectivity index (χ4n) is 11.2. The largest absolute Gasteiger partial charge is 0.310 e. The number of thiophene rings is 1. The van der Waals surface area contributed by atoms with Gasteiger partial charge in [-0.15, -0.1) is 11.3 Å². The summed E-state index contributed by atoms with van der Waals surface area (Å²) in [5, 5.41) is 5.18. The molecular formula is C64H47NS. The van der Waals surface area contributed by atoms with Gasteiger partial charge in [0.1, 0.15) is 0 Å². The molecule has 2 aliphatic rings. The smallest absolute Gasteiger partial charge is 0.0465 e. The van der Waals surface area contributed by atoms with Crippen LogP contribution in [0.3, 0.4) is 0 Å². The molecule has 0 spiro atoms. The minimum Gasteiger partial charge on any atom is -0.310 e. The van der Waals surface area contributed by atoms with Crippen LogP contribution in [0.15, 0.2) is 212 Å². The summed E-state index contributed by atoms with van der Waals surface area (Å²) < 4.78 is 2.68. The molecule has 10 aromatic carbocycles. The van der Waals surface area contributed by atoms with Crippen molar-refractivity contribution < 1.29 is 0 Å². The molecule has 0 aliphatic heterocycles. The Morgan fingerprint density at radius 3 is 1.41 bits per heavy atom. The molecule has 0 saturated carbocycles. The Hall–Kier alpha value is -7.52. The van der Waals surface area contributed by atoms with E-state index in [0.29, 0.717) is 0 Å². The van der Waals surface area contributed by atoms with Crippen LogP contribution in [0.4, 0.5) is 17.1 Å². The van der Waals surface area contributed by atoms with E-state index < -0.39 is 0 Å². The highest BCUT2D eigenvalue weighted by Gasteiger charge is 2.38. The summed E-state index contributed by atoms with van der Waals surface area (Å²) >= 11 is 1.88. The molecule has 0 amide bonds. The highest BCUT2D eigenvalue weighted by molar-refractivity contribution is 7.25. The highest BCUT2D eigenvalue weighted by Crippen LogP contribution is 2.54. The molecule has 0 N–H and O–H groups in total. The first-order valence-electron chi connectivity index (χ1n) is 23.1. The van der Waals surface area contributed by atoms with Gasteiger partial charge in [-0.3, -0.25) is 0 Å². The van der Waals surface area contributed by atoms with Crippen molar-refractivity contribution in [3.05, 3.63) is 235 Å². The second kappa shape index (κ2) is 14.5. The van der Waals surface area contributed by atoms with E-state index in [4.69, 9.17) is 0 Å². The van der Waals surface area contributed by atoms with Gasteiger partial charge >= 0.3 is 0 Å². The number of anilines is 3. The molecule has 2 heteroatoms. The quantitative estimate of drug-likeness (QED) is 0.161. The predicted octanol–water partition coefficient (Wildman–Crippen LogP) is 18.3. The van der Waals surface area contributed by atoms with Crippen molar-refractivity contribution in [1.82, 2.24) is 0 Å². The van der Waals surface area contributed by atoms with Crippen molar-refractivity contribution in [3.8, 4) is 55.6 Å². The molecule has 0 radical (unpaired) electrons. The van der Waals surface area contributed by atoms with Gasteiger partial charge < -0.3 is 4.90 Å². The first kappa shape index (κ1) is 38.9. The van der Waals surface area contributed by atoms with Gasteiger partial charge in [-0.05, 0) is 161 Å². The lowest BCUT2D eigenvalue weighted by Crippen LogP contribution is -2.18. The van der Waals surface area contributed by atoms with E-state index in [1.165, 1.54) is 109 Å². The molecule has 0 atom stereocenters. The van der Waals surface area contributed by atoms with Gasteiger partial charge in [0.2, 0.25) is 0 Å². The summed E-state index contributed by atoms with van der Waals surface area (Å²) in [6.07, 6.45) is 0. The molecule has 11 aromatic rings. The maximum absolute atomic E-state index is 2.48. The van der Waals surface area contributed by atoms with Gasteiger partial charge in [-0.1, -0.05) is 167 Å². The van der Waals surface area contributed by atoms with E-state index in [9.17, 15) is 0 Å². The van der Waals surface area contributed by atoms with E-state index in [1.807, 2.05) is 11.3 Å². The molecule has 1 aromatic heterocycles. The summed E-state index contributed by atoms with van der Waals surface area (Å²) in [6.45, 7) is 9.59. The third-order valence-corrected chi connectivity index (χ3v) is 16.0. The van der Waals surface area contributed by atoms with Gasteiger partial charge in [-0.25, -0.2) is 0 Å². The monoisotopic (exact) mass is 861 g/mol. The number of benzene rings is 10. The fraction of sp³-hybridized carbons (Fsp3) is 0.0938. The van der Waals surface area contributed by atoms with E-state index in [-0.39, 0.29) is 10.8 Å². The minimum atomic E-state index is -0.209. The molecule has 2 aliphatic carbocycles. The van der Waals surface area contributed by atoms with Crippen LogP contribution in [0.25, 0.3) is 86.6 Å². The molecule has 0 fully saturated rings. The van der Waals surface area contributed by atoms with Crippen LogP contribution in [-0.2, 0) is 10.8 Å². The second-order valence-electron chi connectivity index (χ2n) is 19.3. The Labute approximate surface area is 390 Å². The lowest BCUT2D eigenvalue weighted by molar-refractivity contribution is 0.660. The summed E-state index contributed by atoms with van der Waals surface area (Å²) in [7, 11) is 0. The summed E-state index contributed by atoms with van der Waals surface area (Å²) in [5.41, 5.74) is 21.3. The molecule has 13 rings (SSSR count). The van der Waals surface area contributed by atoms with Crippen LogP contribution < -0.4 is 4.90 Å². The van der Waals surface area contributed by atoms with Crippen molar-refractivity contribution in [2.45, 2.75) is 38.5 Å². The van der Waals surface area contributed by atoms with Crippen LogP contribution in [0.2, 0.25) is 0 Å². The summed E-state index contributed by atoms with van der Waals surface area (Å²) in [4.78, 5) is 2.48. The SMILES string of the molecule is CC1(C)c2cc(-c3ccccc3)ccc2-c2ccc(N(c3ccc(-c4ccc5ccccc5c4)cc3)c3ccc4c(c3)C(C)(C)c3cc(-c5ccc6sc7ccccc7c6c5)ccc3-4)cc21. The molecule has 314 valence electrons. The van der Waals surface area contributed by atoms with Gasteiger partial charge in [0.25, 0.3) is 0 Å². The first-order valence-corrected chi connectivity index (χ1v) is 24.0. The molecule has 1 nitrogen and oxygen atoms in total. The topological polar surface area (TPSA) is 3.24 Å². The Bertz CT molecular complexity index is 3760. The number of fused-ring (bicyclic) bond motifs is 10.